The number of aliphatic hydroxyl groups excluding tert-OH is 2. The van der Waals surface area contributed by atoms with E-state index in [4.69, 9.17) is 56.8 Å². The first-order valence-corrected chi connectivity index (χ1v) is 19.7. The molecular formula is C34H46N12O20. The molecule has 0 aromatic heterocycles. The number of ether oxygens (including phenoxy) is 12. The Morgan fingerprint density at radius 3 is 1.55 bits per heavy atom. The third-order valence-electron chi connectivity index (χ3n) is 10.0. The molecule has 1 saturated carbocycles. The molecule has 4 rings (SSSR count). The van der Waals surface area contributed by atoms with Gasteiger partial charge in [-0.1, -0.05) is 20.5 Å². The molecule has 3 heterocycles. The zero-order valence-electron chi connectivity index (χ0n) is 35.8. The summed E-state index contributed by atoms with van der Waals surface area (Å²) < 4.78 is 69.0. The maximum absolute atomic E-state index is 12.8. The largest absolute Gasteiger partial charge is 0.463 e. The van der Waals surface area contributed by atoms with Crippen molar-refractivity contribution in [2.75, 3.05) is 19.8 Å². The second-order valence-corrected chi connectivity index (χ2v) is 14.7. The minimum atomic E-state index is -1.94. The molecular weight excluding hydrogens is 896 g/mol. The molecule has 0 aromatic carbocycles. The van der Waals surface area contributed by atoms with E-state index in [9.17, 15) is 61.1 Å². The summed E-state index contributed by atoms with van der Waals surface area (Å²) in [5, 5.41) is 35.8. The molecule has 4 aliphatic rings. The van der Waals surface area contributed by atoms with Gasteiger partial charge in [0.25, 0.3) is 0 Å². The summed E-state index contributed by atoms with van der Waals surface area (Å²) in [4.78, 5) is 85.1. The quantitative estimate of drug-likeness (QED) is 0.0626. The number of hydrogen-bond donors (Lipinski definition) is 2. The number of carbonyl (C=O) groups is 6. The molecule has 0 aromatic rings. The highest BCUT2D eigenvalue weighted by Crippen LogP contribution is 2.40. The van der Waals surface area contributed by atoms with Crippen LogP contribution in [0, 0.1) is 0 Å². The molecule has 66 heavy (non-hydrogen) atoms. The minimum Gasteiger partial charge on any atom is -0.463 e. The molecule has 0 spiro atoms. The number of azide groups is 4. The molecule has 0 radical (unpaired) electrons. The average Bonchev–Trinajstić information content (AvgIpc) is 3.54. The van der Waals surface area contributed by atoms with Gasteiger partial charge < -0.3 is 67.1 Å². The van der Waals surface area contributed by atoms with E-state index >= 15 is 0 Å². The summed E-state index contributed by atoms with van der Waals surface area (Å²) in [6.45, 7) is 3.95. The molecule has 32 heteroatoms. The Morgan fingerprint density at radius 1 is 0.545 bits per heavy atom. The lowest BCUT2D eigenvalue weighted by Gasteiger charge is -2.48. The lowest BCUT2D eigenvalue weighted by atomic mass is 9.83. The van der Waals surface area contributed by atoms with E-state index in [-0.39, 0.29) is 0 Å². The van der Waals surface area contributed by atoms with Crippen LogP contribution in [0.15, 0.2) is 20.5 Å². The Balaban J connectivity index is 1.87. The third kappa shape index (κ3) is 13.4. The molecule has 32 nitrogen and oxygen atoms in total. The lowest BCUT2D eigenvalue weighted by molar-refractivity contribution is -0.312. The smallest absolute Gasteiger partial charge is 0.303 e. The van der Waals surface area contributed by atoms with Gasteiger partial charge in [0.05, 0.1) is 31.4 Å². The van der Waals surface area contributed by atoms with Crippen molar-refractivity contribution in [1.29, 1.82) is 0 Å². The molecule has 4 fully saturated rings. The molecule has 12 unspecified atom stereocenters. The summed E-state index contributed by atoms with van der Waals surface area (Å²) in [5.74, 6) is -5.50. The zero-order valence-corrected chi connectivity index (χ0v) is 35.8. The van der Waals surface area contributed by atoms with Crippen LogP contribution >= 0.6 is 0 Å². The van der Waals surface area contributed by atoms with Crippen LogP contribution in [-0.2, 0) is 85.6 Å². The van der Waals surface area contributed by atoms with E-state index < -0.39 is 172 Å². The highest BCUT2D eigenvalue weighted by Gasteiger charge is 2.58. The number of rotatable bonds is 18. The van der Waals surface area contributed by atoms with Gasteiger partial charge in [0, 0.05) is 61.2 Å². The van der Waals surface area contributed by atoms with Crippen LogP contribution in [0.4, 0.5) is 0 Å². The second-order valence-electron chi connectivity index (χ2n) is 14.7. The number of hydrogen-bond acceptors (Lipinski definition) is 24. The number of nitrogens with zero attached hydrogens (tertiary/aromatic N) is 12. The first-order valence-electron chi connectivity index (χ1n) is 19.7. The summed E-state index contributed by atoms with van der Waals surface area (Å²) >= 11 is 0. The van der Waals surface area contributed by atoms with E-state index in [1.807, 2.05) is 0 Å². The van der Waals surface area contributed by atoms with Gasteiger partial charge in [-0.2, -0.15) is 0 Å². The highest BCUT2D eigenvalue weighted by molar-refractivity contribution is 5.68. The van der Waals surface area contributed by atoms with Crippen LogP contribution in [0.25, 0.3) is 41.8 Å². The van der Waals surface area contributed by atoms with Crippen LogP contribution in [-0.4, -0.2) is 176 Å². The number of esters is 6. The Hall–Kier alpha value is -6.26. The predicted molar refractivity (Wildman–Crippen MR) is 206 cm³/mol. The summed E-state index contributed by atoms with van der Waals surface area (Å²) in [5.41, 5.74) is 38.3. The van der Waals surface area contributed by atoms with Crippen molar-refractivity contribution in [3.05, 3.63) is 41.8 Å². The fraction of sp³-hybridized carbons (Fsp3) is 0.824. The molecule has 0 amide bonds. The normalized spacial score (nSPS) is 35.9. The van der Waals surface area contributed by atoms with Gasteiger partial charge in [0.15, 0.2) is 37.2 Å². The first-order chi connectivity index (χ1) is 31.4. The van der Waals surface area contributed by atoms with Crippen molar-refractivity contribution in [2.45, 2.75) is 158 Å². The monoisotopic (exact) mass is 942 g/mol. The molecule has 2 N–H and O–H groups in total. The summed E-state index contributed by atoms with van der Waals surface area (Å²) in [6, 6.07) is -6.30. The van der Waals surface area contributed by atoms with Crippen LogP contribution in [0.1, 0.15) is 48.0 Å². The van der Waals surface area contributed by atoms with E-state index in [1.54, 1.807) is 0 Å². The van der Waals surface area contributed by atoms with Crippen molar-refractivity contribution in [2.24, 2.45) is 20.5 Å². The molecule has 1 aliphatic carbocycles. The maximum Gasteiger partial charge on any atom is 0.303 e. The van der Waals surface area contributed by atoms with Gasteiger partial charge in [-0.05, 0) is 28.5 Å². The SMILES string of the molecule is CC(=O)OC[C@H]1O[C@@H](OC2C(O[C@H]3OC(CO)[C@@H](O)C(OC(C)=O)C3N=[N+]=[N-])C(N=[N+]=[N-])C[C@@H](N=[N+]=[N-])C2OC(C)=O)C(OC(C)=O)C1O[C@H]1OCC(OC(C)=O)C(OC(C)=O)C1N=[N+]=[N-]. The van der Waals surface area contributed by atoms with E-state index in [0.717, 1.165) is 41.5 Å². The fourth-order valence-corrected chi connectivity index (χ4v) is 7.62. The summed E-state index contributed by atoms with van der Waals surface area (Å²) in [7, 11) is 0. The van der Waals surface area contributed by atoms with Crippen molar-refractivity contribution in [3.63, 3.8) is 0 Å². The van der Waals surface area contributed by atoms with Crippen molar-refractivity contribution >= 4 is 35.8 Å². The summed E-state index contributed by atoms with van der Waals surface area (Å²) in [6.07, 6.45) is -24.3. The molecule has 3 aliphatic heterocycles. The van der Waals surface area contributed by atoms with Crippen molar-refractivity contribution in [3.8, 4) is 0 Å². The van der Waals surface area contributed by atoms with Crippen molar-refractivity contribution < 1.29 is 95.8 Å². The number of carbonyl (C=O) groups excluding carboxylic acids is 6. The van der Waals surface area contributed by atoms with Gasteiger partial charge in [0.1, 0.15) is 61.4 Å². The Morgan fingerprint density at radius 2 is 1.02 bits per heavy atom. The van der Waals surface area contributed by atoms with E-state index in [0.29, 0.717) is 0 Å². The predicted octanol–water partition coefficient (Wildman–Crippen LogP) is 0.642. The van der Waals surface area contributed by atoms with E-state index in [1.165, 1.54) is 0 Å². The minimum absolute atomic E-state index is 0.438. The van der Waals surface area contributed by atoms with Gasteiger partial charge in [0.2, 0.25) is 0 Å². The zero-order chi connectivity index (χ0) is 48.8. The maximum atomic E-state index is 12.8. The Kier molecular flexibility index (Phi) is 19.3. The van der Waals surface area contributed by atoms with Crippen LogP contribution in [0.5, 0.6) is 0 Å². The number of aliphatic hydroxyl groups is 2. The van der Waals surface area contributed by atoms with Gasteiger partial charge >= 0.3 is 35.8 Å². The van der Waals surface area contributed by atoms with Gasteiger partial charge in [-0.25, -0.2) is 0 Å². The van der Waals surface area contributed by atoms with Crippen molar-refractivity contribution in [1.82, 2.24) is 0 Å². The third-order valence-corrected chi connectivity index (χ3v) is 10.0. The topological polar surface area (TPSA) is 449 Å². The fourth-order valence-electron chi connectivity index (χ4n) is 7.62. The van der Waals surface area contributed by atoms with Gasteiger partial charge in [-0.3, -0.25) is 28.8 Å². The van der Waals surface area contributed by atoms with Crippen LogP contribution < -0.4 is 0 Å². The van der Waals surface area contributed by atoms with Crippen LogP contribution in [0.3, 0.4) is 0 Å². The van der Waals surface area contributed by atoms with Crippen LogP contribution in [0.2, 0.25) is 0 Å². The Bertz CT molecular complexity index is 1990. The standard InChI is InChI=1S/C34H46N12O20/c1-11(48)55-9-21-28(65-32-22(41-45-37)27(59-14(4)51)20(10-56-32)57-12(2)49)31(61-16(6)53)34(63-21)66-30-25(58-13(3)50)17(39-43-35)7-18(40-44-36)26(30)64-33-23(42-46-38)29(60-15(5)52)24(54)19(8-47)62-33/h17-34,47,54H,7-10H2,1-6H3/t17-,18?,19?,20?,21-,22?,23?,24-,25?,26?,27?,28?,29?,30?,31?,32-,33-,34+/m1/s1. The van der Waals surface area contributed by atoms with E-state index in [2.05, 4.69) is 40.1 Å². The van der Waals surface area contributed by atoms with Gasteiger partial charge in [-0.15, -0.1) is 0 Å². The molecule has 362 valence electrons. The Labute approximate surface area is 371 Å². The lowest BCUT2D eigenvalue weighted by Crippen LogP contribution is -2.64. The molecule has 3 saturated heterocycles. The first kappa shape index (κ1) is 52.4. The highest BCUT2D eigenvalue weighted by atomic mass is 16.8. The average molecular weight is 943 g/mol. The molecule has 0 bridgehead atoms. The second kappa shape index (κ2) is 24.3. The molecule has 18 atom stereocenters.